The first-order chi connectivity index (χ1) is 14.0. The minimum atomic E-state index is -0.826. The van der Waals surface area contributed by atoms with Gasteiger partial charge < -0.3 is 14.9 Å². The molecule has 0 aliphatic heterocycles. The van der Waals surface area contributed by atoms with Crippen molar-refractivity contribution in [1.29, 1.82) is 0 Å². The van der Waals surface area contributed by atoms with E-state index in [1.54, 1.807) is 64.2 Å². The third kappa shape index (κ3) is 7.80. The summed E-state index contributed by atoms with van der Waals surface area (Å²) in [6.45, 7) is 8.08. The van der Waals surface area contributed by atoms with Crippen LogP contribution >= 0.6 is 39.6 Å². The summed E-state index contributed by atoms with van der Waals surface area (Å²) in [7, 11) is 8.93. The number of rotatable bonds is 6. The second kappa shape index (κ2) is 15.7. The number of hydrogen-bond donors (Lipinski definition) is 0. The van der Waals surface area contributed by atoms with Crippen molar-refractivity contribution in [1.82, 2.24) is 0 Å². The summed E-state index contributed by atoms with van der Waals surface area (Å²) in [5.41, 5.74) is 2.51. The van der Waals surface area contributed by atoms with E-state index in [0.717, 1.165) is 27.6 Å². The molecule has 31 heavy (non-hydrogen) atoms. The van der Waals surface area contributed by atoms with Crippen LogP contribution < -0.4 is 0 Å². The maximum absolute atomic E-state index is 4.93. The topological polar surface area (TPSA) is 0 Å². The Morgan fingerprint density at radius 2 is 1.58 bits per heavy atom. The zero-order valence-corrected chi connectivity index (χ0v) is 29.3. The number of fused-ring (bicyclic) bond motifs is 2. The molecule has 4 aliphatic rings. The molecule has 10 unspecified atom stereocenters. The Labute approximate surface area is 231 Å². The predicted octanol–water partition coefficient (Wildman–Crippen LogP) is 9.44. The Balaban J connectivity index is 0.000000910. The zero-order chi connectivity index (χ0) is 21.0. The van der Waals surface area contributed by atoms with Crippen molar-refractivity contribution in [3.05, 3.63) is 14.9 Å². The van der Waals surface area contributed by atoms with Gasteiger partial charge in [0.25, 0.3) is 0 Å². The van der Waals surface area contributed by atoms with Gasteiger partial charge in [0, 0.05) is 20.6 Å². The molecule has 0 heterocycles. The molecule has 0 nitrogen and oxygen atoms in total. The first kappa shape index (κ1) is 31.7. The molecule has 0 aromatic rings. The molecule has 0 spiro atoms. The van der Waals surface area contributed by atoms with Gasteiger partial charge in [0.05, 0.1) is 0 Å². The fourth-order valence-electron chi connectivity index (χ4n) is 8.14. The molecule has 0 N–H and O–H groups in total. The van der Waals surface area contributed by atoms with Crippen molar-refractivity contribution in [2.75, 3.05) is 0 Å². The van der Waals surface area contributed by atoms with Gasteiger partial charge in [-0.1, -0.05) is 106 Å². The predicted molar refractivity (Wildman–Crippen MR) is 154 cm³/mol. The molecular formula is C25H49Cl2ISi2Zr. The summed E-state index contributed by atoms with van der Waals surface area (Å²) in [5.74, 6) is 5.71. The van der Waals surface area contributed by atoms with Gasteiger partial charge in [-0.3, -0.25) is 0 Å². The molecule has 0 saturated heterocycles. The van der Waals surface area contributed by atoms with Gasteiger partial charge >= 0.3 is 37.9 Å². The molecule has 4 fully saturated rings. The van der Waals surface area contributed by atoms with E-state index >= 15 is 0 Å². The summed E-state index contributed by atoms with van der Waals surface area (Å²) in [4.78, 5) is 0. The minimum absolute atomic E-state index is 0. The van der Waals surface area contributed by atoms with E-state index in [-0.39, 0.29) is 14.9 Å². The molecule has 4 aliphatic carbocycles. The van der Waals surface area contributed by atoms with E-state index in [9.17, 15) is 0 Å². The first-order valence-corrected chi connectivity index (χ1v) is 26.5. The van der Waals surface area contributed by atoms with Crippen molar-refractivity contribution < 1.29 is 20.8 Å². The van der Waals surface area contributed by atoms with Gasteiger partial charge in [-0.15, -0.1) is 0 Å². The molecule has 0 radical (unpaired) electrons. The van der Waals surface area contributed by atoms with Crippen molar-refractivity contribution in [2.45, 2.75) is 112 Å². The van der Waals surface area contributed by atoms with Crippen LogP contribution in [0.15, 0.2) is 0 Å². The second-order valence-electron chi connectivity index (χ2n) is 11.0. The molecule has 0 aromatic heterocycles. The molecule has 182 valence electrons. The Kier molecular flexibility index (Phi) is 16.0. The molecule has 0 bridgehead atoms. The van der Waals surface area contributed by atoms with Crippen molar-refractivity contribution in [2.24, 2.45) is 29.6 Å². The second-order valence-corrected chi connectivity index (χ2v) is 27.7. The molecular weight excluding hydrogens is 645 g/mol. The first-order valence-electron chi connectivity index (χ1n) is 12.6. The van der Waals surface area contributed by atoms with Gasteiger partial charge in [-0.05, 0) is 54.4 Å². The van der Waals surface area contributed by atoms with Crippen LogP contribution in [-0.4, -0.2) is 20.6 Å². The maximum atomic E-state index is 4.93. The van der Waals surface area contributed by atoms with Crippen LogP contribution in [-0.2, 0) is 20.8 Å². The molecule has 10 atom stereocenters. The molecule has 0 aromatic carbocycles. The van der Waals surface area contributed by atoms with Crippen LogP contribution in [0.25, 0.3) is 0 Å². The molecule has 4 rings (SSSR count). The van der Waals surface area contributed by atoms with Crippen LogP contribution in [0.5, 0.6) is 0 Å². The standard InChI is InChI=1S/C23H43ISi2.2CH3.2ClH.Zr/c1-4-5-7-16-10-11-18(14-16)25(2)26(3)22-13-12-20-21(22)15-17-8-6-9-19(17)23(20)24;;;;;/h16-23,25-26H,4-15H2,1-3H3;2*1H3;2*1H;/q;2*-1;;;+4/p-2. The van der Waals surface area contributed by atoms with Crippen LogP contribution in [0.3, 0.4) is 0 Å². The SMILES string of the molecule is CCCCC1CCC([SiH](C)[SiH](C)C2CCC3C(I)C4CCCC4CC32)C1.[CH3-].[CH3-].[Cl][Zr+2][Cl]. The van der Waals surface area contributed by atoms with Crippen LogP contribution in [0.4, 0.5) is 0 Å². The number of hydrogen-bond acceptors (Lipinski definition) is 0. The van der Waals surface area contributed by atoms with E-state index in [2.05, 4.69) is 42.6 Å². The van der Waals surface area contributed by atoms with Crippen LogP contribution in [0.1, 0.15) is 84.0 Å². The van der Waals surface area contributed by atoms with E-state index in [1.165, 1.54) is 29.8 Å². The Morgan fingerprint density at radius 1 is 0.871 bits per heavy atom. The summed E-state index contributed by atoms with van der Waals surface area (Å²) in [6, 6.07) is 0. The number of alkyl halides is 1. The van der Waals surface area contributed by atoms with E-state index in [0.29, 0.717) is 0 Å². The summed E-state index contributed by atoms with van der Waals surface area (Å²) in [6.07, 6.45) is 19.0. The Hall–Kier alpha value is 2.63. The average Bonchev–Trinajstić information content (AvgIpc) is 3.45. The van der Waals surface area contributed by atoms with Crippen molar-refractivity contribution in [3.63, 3.8) is 0 Å². The average molecular weight is 695 g/mol. The Bertz CT molecular complexity index is 500. The van der Waals surface area contributed by atoms with Gasteiger partial charge in [0.2, 0.25) is 0 Å². The van der Waals surface area contributed by atoms with Crippen molar-refractivity contribution >= 4 is 56.2 Å². The third-order valence-corrected chi connectivity index (χ3v) is 25.7. The quantitative estimate of drug-likeness (QED) is 0.113. The van der Waals surface area contributed by atoms with Crippen LogP contribution in [0.2, 0.25) is 24.2 Å². The fraction of sp³-hybridized carbons (Fsp3) is 0.920. The summed E-state index contributed by atoms with van der Waals surface area (Å²) in [5, 5.41) is 0. The van der Waals surface area contributed by atoms with Gasteiger partial charge in [0.15, 0.2) is 0 Å². The van der Waals surface area contributed by atoms with Gasteiger partial charge in [-0.2, -0.15) is 0 Å². The van der Waals surface area contributed by atoms with Crippen LogP contribution in [0, 0.1) is 44.4 Å². The summed E-state index contributed by atoms with van der Waals surface area (Å²) < 4.78 is 1.05. The van der Waals surface area contributed by atoms with E-state index in [4.69, 9.17) is 17.0 Å². The van der Waals surface area contributed by atoms with E-state index < -0.39 is 37.5 Å². The normalized spacial score (nSPS) is 40.2. The van der Waals surface area contributed by atoms with Crippen molar-refractivity contribution in [3.8, 4) is 0 Å². The fourth-order valence-corrected chi connectivity index (χ4v) is 22.5. The van der Waals surface area contributed by atoms with E-state index in [1.807, 2.05) is 0 Å². The third-order valence-electron chi connectivity index (χ3n) is 9.84. The molecule has 6 heteroatoms. The summed E-state index contributed by atoms with van der Waals surface area (Å²) >= 11 is 2.10. The molecule has 0 amide bonds. The number of unbranched alkanes of at least 4 members (excludes halogenated alkanes) is 1. The Morgan fingerprint density at radius 3 is 2.26 bits per heavy atom. The van der Waals surface area contributed by atoms with Gasteiger partial charge in [0.1, 0.15) is 0 Å². The zero-order valence-electron chi connectivity index (χ0n) is 20.9. The molecule has 4 saturated carbocycles. The van der Waals surface area contributed by atoms with Gasteiger partial charge in [-0.25, -0.2) is 0 Å². The monoisotopic (exact) mass is 692 g/mol. The number of halogens is 3.